The first-order valence-electron chi connectivity index (χ1n) is 12.9. The largest absolute Gasteiger partial charge is 0.481 e. The summed E-state index contributed by atoms with van der Waals surface area (Å²) < 4.78 is 34.7. The number of carbonyl (C=O) groups is 1. The van der Waals surface area contributed by atoms with Gasteiger partial charge >= 0.3 is 5.97 Å². The fraction of sp³-hybridized carbons (Fsp3) is 0.300. The summed E-state index contributed by atoms with van der Waals surface area (Å²) in [6.07, 6.45) is 6.04. The maximum atomic E-state index is 12.2. The quantitative estimate of drug-likeness (QED) is 0.141. The lowest BCUT2D eigenvalue weighted by atomic mass is 9.93. The number of anilines is 1. The number of rotatable bonds is 11. The summed E-state index contributed by atoms with van der Waals surface area (Å²) in [5.41, 5.74) is 6.30. The summed E-state index contributed by atoms with van der Waals surface area (Å²) in [4.78, 5) is 10.9. The molecule has 0 radical (unpaired) electrons. The number of carboxylic acid groups (broad SMARTS) is 1. The summed E-state index contributed by atoms with van der Waals surface area (Å²) >= 11 is 0. The Morgan fingerprint density at radius 3 is 2.34 bits per heavy atom. The number of carboxylic acids is 1. The first-order valence-corrected chi connectivity index (χ1v) is 14.3. The molecule has 0 atom stereocenters. The predicted octanol–water partition coefficient (Wildman–Crippen LogP) is 6.82. The van der Waals surface area contributed by atoms with Gasteiger partial charge < -0.3 is 10.4 Å². The van der Waals surface area contributed by atoms with Gasteiger partial charge in [-0.25, -0.2) is 0 Å². The van der Waals surface area contributed by atoms with E-state index in [1.165, 1.54) is 6.07 Å². The molecule has 0 amide bonds. The van der Waals surface area contributed by atoms with Crippen molar-refractivity contribution in [1.82, 2.24) is 4.48 Å². The Kier molecular flexibility index (Phi) is 8.06. The molecule has 0 aliphatic carbocycles. The van der Waals surface area contributed by atoms with E-state index in [0.29, 0.717) is 16.3 Å². The average molecular weight is 536 g/mol. The summed E-state index contributed by atoms with van der Waals surface area (Å²) in [7, 11) is -0.153. The van der Waals surface area contributed by atoms with Gasteiger partial charge in [0.25, 0.3) is 10.1 Å². The number of likely N-dealkylation sites (N-methyl/N-ethyl adjacent to an activating group) is 1. The number of unbranched alkanes of at least 4 members (excludes halogenated alkanes) is 2. The first kappa shape index (κ1) is 27.6. The maximum Gasteiger partial charge on any atom is 0.303 e. The number of quaternary nitrogens is 1. The molecule has 0 spiro atoms. The van der Waals surface area contributed by atoms with Crippen molar-refractivity contribution in [1.29, 1.82) is 0 Å². The fourth-order valence-corrected chi connectivity index (χ4v) is 5.98. The van der Waals surface area contributed by atoms with Crippen molar-refractivity contribution in [3.05, 3.63) is 83.7 Å². The lowest BCUT2D eigenvalue weighted by molar-refractivity contribution is -0.137. The zero-order valence-corrected chi connectivity index (χ0v) is 22.9. The van der Waals surface area contributed by atoms with E-state index in [2.05, 4.69) is 32.4 Å². The number of nitrogens with one attached hydrogen (secondary N) is 1. The normalized spacial score (nSPS) is 15.1. The van der Waals surface area contributed by atoms with E-state index in [-0.39, 0.29) is 11.3 Å². The van der Waals surface area contributed by atoms with Crippen molar-refractivity contribution < 1.29 is 22.9 Å². The number of benzene rings is 3. The SMILES string of the molecule is CC/C(=C\C1=C(CCCCCC(=O)O)c2c(ccc3c(S(=O)(=O)O)cccc23)[N+]1(C)C)Nc1ccccc1. The van der Waals surface area contributed by atoms with Crippen LogP contribution in [0.15, 0.2) is 83.0 Å². The topological polar surface area (TPSA) is 104 Å². The zero-order valence-electron chi connectivity index (χ0n) is 22.1. The van der Waals surface area contributed by atoms with Crippen LogP contribution in [0.25, 0.3) is 16.3 Å². The van der Waals surface area contributed by atoms with Gasteiger partial charge in [-0.15, -0.1) is 0 Å². The zero-order chi connectivity index (χ0) is 27.5. The Labute approximate surface area is 224 Å². The number of aliphatic carboxylic acids is 1. The van der Waals surface area contributed by atoms with Gasteiger partial charge in [0.1, 0.15) is 16.3 Å². The molecule has 0 fully saturated rings. The predicted molar refractivity (Wildman–Crippen MR) is 153 cm³/mol. The molecule has 1 aliphatic heterocycles. The lowest BCUT2D eigenvalue weighted by Crippen LogP contribution is -2.36. The molecule has 0 saturated carbocycles. The van der Waals surface area contributed by atoms with Gasteiger partial charge in [-0.2, -0.15) is 8.42 Å². The molecule has 3 aromatic rings. The van der Waals surface area contributed by atoms with E-state index in [0.717, 1.165) is 65.0 Å². The monoisotopic (exact) mass is 535 g/mol. The highest BCUT2D eigenvalue weighted by atomic mass is 32.2. The Morgan fingerprint density at radius 2 is 1.68 bits per heavy atom. The van der Waals surface area contributed by atoms with E-state index in [1.54, 1.807) is 12.1 Å². The molecule has 200 valence electrons. The second-order valence-electron chi connectivity index (χ2n) is 10.1. The van der Waals surface area contributed by atoms with Crippen LogP contribution in [0.1, 0.15) is 51.0 Å². The summed E-state index contributed by atoms with van der Waals surface area (Å²) in [5.74, 6) is -0.792. The van der Waals surface area contributed by atoms with Crippen LogP contribution < -0.4 is 9.80 Å². The van der Waals surface area contributed by atoms with Crippen molar-refractivity contribution in [2.45, 2.75) is 50.3 Å². The molecule has 3 N–H and O–H groups in total. The van der Waals surface area contributed by atoms with Gasteiger partial charge in [-0.05, 0) is 55.3 Å². The summed E-state index contributed by atoms with van der Waals surface area (Å²) in [5, 5.41) is 13.8. The Morgan fingerprint density at radius 1 is 0.947 bits per heavy atom. The molecule has 1 heterocycles. The third-order valence-electron chi connectivity index (χ3n) is 7.18. The van der Waals surface area contributed by atoms with Crippen LogP contribution in [0.3, 0.4) is 0 Å². The van der Waals surface area contributed by atoms with E-state index in [1.807, 2.05) is 42.5 Å². The summed E-state index contributed by atoms with van der Waals surface area (Å²) in [6.45, 7) is 2.10. The highest BCUT2D eigenvalue weighted by Crippen LogP contribution is 2.49. The molecule has 38 heavy (non-hydrogen) atoms. The molecule has 3 aromatic carbocycles. The molecule has 0 aromatic heterocycles. The minimum absolute atomic E-state index is 0.104. The van der Waals surface area contributed by atoms with Crippen molar-refractivity contribution >= 4 is 43.8 Å². The standard InChI is InChI=1S/C30H34N2O5S/c1-4-21(31-22-12-7-5-8-13-22)20-27-25(14-9-6-10-17-29(33)34)30-24-15-11-16-28(38(35,36)37)23(24)18-19-26(30)32(27,2)3/h5,7-8,11-13,15-16,18-20,31H,4,6,9-10,14,17H2,1-3H3,(H-,33,34,35,36,37)/p+1/b21-20+. The molecular weight excluding hydrogens is 500 g/mol. The van der Waals surface area contributed by atoms with Crippen LogP contribution in [0, 0.1) is 0 Å². The second-order valence-corrected chi connectivity index (χ2v) is 11.5. The molecule has 4 rings (SSSR count). The van der Waals surface area contributed by atoms with Crippen LogP contribution in [0.2, 0.25) is 0 Å². The lowest BCUT2D eigenvalue weighted by Gasteiger charge is -2.27. The Bertz CT molecular complexity index is 1520. The summed E-state index contributed by atoms with van der Waals surface area (Å²) in [6, 6.07) is 18.7. The highest BCUT2D eigenvalue weighted by molar-refractivity contribution is 7.86. The van der Waals surface area contributed by atoms with Gasteiger partial charge in [0, 0.05) is 40.9 Å². The third kappa shape index (κ3) is 5.67. The Hall–Kier alpha value is -3.46. The number of hydrogen-bond acceptors (Lipinski definition) is 4. The molecule has 7 nitrogen and oxygen atoms in total. The average Bonchev–Trinajstić information content (AvgIpc) is 3.09. The molecule has 8 heteroatoms. The van der Waals surface area contributed by atoms with Gasteiger partial charge in [-0.3, -0.25) is 13.8 Å². The van der Waals surface area contributed by atoms with Gasteiger partial charge in [-0.1, -0.05) is 43.7 Å². The molecular formula is C30H35N2O5S+. The molecule has 0 bridgehead atoms. The maximum absolute atomic E-state index is 12.2. The molecule has 0 saturated heterocycles. The van der Waals surface area contributed by atoms with Crippen molar-refractivity contribution in [2.24, 2.45) is 0 Å². The van der Waals surface area contributed by atoms with E-state index in [9.17, 15) is 17.8 Å². The Balaban J connectivity index is 1.87. The van der Waals surface area contributed by atoms with E-state index in [4.69, 9.17) is 5.11 Å². The van der Waals surface area contributed by atoms with Crippen LogP contribution in [-0.2, 0) is 14.9 Å². The number of nitrogens with zero attached hydrogens (tertiary/aromatic N) is 1. The number of allylic oxidation sites excluding steroid dienone is 3. The van der Waals surface area contributed by atoms with Gasteiger partial charge in [0.2, 0.25) is 0 Å². The minimum Gasteiger partial charge on any atom is -0.481 e. The van der Waals surface area contributed by atoms with Crippen molar-refractivity contribution in [3.63, 3.8) is 0 Å². The van der Waals surface area contributed by atoms with Crippen LogP contribution in [0.5, 0.6) is 0 Å². The highest BCUT2D eigenvalue weighted by Gasteiger charge is 2.39. The number of fused-ring (bicyclic) bond motifs is 3. The fourth-order valence-electron chi connectivity index (χ4n) is 5.28. The smallest absolute Gasteiger partial charge is 0.303 e. The van der Waals surface area contributed by atoms with E-state index >= 15 is 0 Å². The van der Waals surface area contributed by atoms with Gasteiger partial charge in [0.15, 0.2) is 0 Å². The number of hydrogen-bond donors (Lipinski definition) is 3. The first-order chi connectivity index (χ1) is 18.0. The third-order valence-corrected chi connectivity index (χ3v) is 8.09. The minimum atomic E-state index is -4.40. The van der Waals surface area contributed by atoms with Gasteiger partial charge in [0.05, 0.1) is 19.7 Å². The number of para-hydroxylation sites is 1. The second kappa shape index (κ2) is 11.1. The molecule has 1 aliphatic rings. The van der Waals surface area contributed by atoms with Crippen LogP contribution in [-0.4, -0.2) is 38.1 Å². The van der Waals surface area contributed by atoms with Crippen molar-refractivity contribution in [2.75, 3.05) is 19.4 Å². The van der Waals surface area contributed by atoms with Crippen molar-refractivity contribution in [3.8, 4) is 0 Å². The van der Waals surface area contributed by atoms with Crippen LogP contribution in [0.4, 0.5) is 11.4 Å². The van der Waals surface area contributed by atoms with Crippen LogP contribution >= 0.6 is 0 Å². The van der Waals surface area contributed by atoms with E-state index < -0.39 is 16.1 Å². The molecule has 0 unspecified atom stereocenters.